The quantitative estimate of drug-likeness (QED) is 0.505. The maximum Gasteiger partial charge on any atom is 0.259 e. The van der Waals surface area contributed by atoms with Gasteiger partial charge >= 0.3 is 0 Å². The number of methoxy groups -OCH3 is 1. The van der Waals surface area contributed by atoms with E-state index in [1.54, 1.807) is 14.1 Å². The third-order valence-electron chi connectivity index (χ3n) is 2.27. The molecule has 0 aromatic carbocycles. The van der Waals surface area contributed by atoms with Gasteiger partial charge < -0.3 is 19.6 Å². The standard InChI is InChI=1S/C11H18N2O4S2/c1-12(10(18)7-14)5-8(15)4-9(16)6-13(2)11(19)17-3/h14H,4-7H2,1-3H3. The van der Waals surface area contributed by atoms with E-state index in [2.05, 4.69) is 0 Å². The zero-order chi connectivity index (χ0) is 15.0. The van der Waals surface area contributed by atoms with Crippen LogP contribution in [0.4, 0.5) is 0 Å². The second-order valence-corrected chi connectivity index (χ2v) is 4.81. The first-order valence-electron chi connectivity index (χ1n) is 5.49. The fourth-order valence-corrected chi connectivity index (χ4v) is 1.42. The van der Waals surface area contributed by atoms with E-state index in [1.807, 2.05) is 0 Å². The van der Waals surface area contributed by atoms with Gasteiger partial charge in [0.2, 0.25) is 0 Å². The van der Waals surface area contributed by atoms with Crippen molar-refractivity contribution in [3.05, 3.63) is 0 Å². The van der Waals surface area contributed by atoms with Gasteiger partial charge in [-0.25, -0.2) is 0 Å². The lowest BCUT2D eigenvalue weighted by molar-refractivity contribution is -0.127. The Balaban J connectivity index is 4.16. The summed E-state index contributed by atoms with van der Waals surface area (Å²) in [7, 11) is 4.62. The molecule has 0 saturated heterocycles. The molecule has 0 radical (unpaired) electrons. The molecule has 0 amide bonds. The van der Waals surface area contributed by atoms with Crippen LogP contribution in [0.5, 0.6) is 0 Å². The van der Waals surface area contributed by atoms with Crippen molar-refractivity contribution in [2.75, 3.05) is 40.9 Å². The van der Waals surface area contributed by atoms with Crippen LogP contribution >= 0.6 is 24.4 Å². The lowest BCUT2D eigenvalue weighted by atomic mass is 10.2. The normalized spacial score (nSPS) is 9.68. The summed E-state index contributed by atoms with van der Waals surface area (Å²) in [6.07, 6.45) is -0.199. The highest BCUT2D eigenvalue weighted by Crippen LogP contribution is 1.96. The number of likely N-dealkylation sites (N-methyl/N-ethyl adjacent to an activating group) is 2. The van der Waals surface area contributed by atoms with E-state index in [0.29, 0.717) is 0 Å². The summed E-state index contributed by atoms with van der Waals surface area (Å²) in [6.45, 7) is -0.270. The predicted molar refractivity (Wildman–Crippen MR) is 79.2 cm³/mol. The second kappa shape index (κ2) is 8.89. The maximum atomic E-state index is 11.6. The van der Waals surface area contributed by atoms with Gasteiger partial charge in [-0.05, 0) is 12.2 Å². The number of aliphatic hydroxyl groups is 1. The summed E-state index contributed by atoms with van der Waals surface area (Å²) in [5.41, 5.74) is 0. The van der Waals surface area contributed by atoms with Crippen molar-refractivity contribution in [1.29, 1.82) is 0 Å². The van der Waals surface area contributed by atoms with E-state index < -0.39 is 0 Å². The SMILES string of the molecule is COC(=S)N(C)CC(=O)CC(=O)CN(C)C(=S)CO. The Morgan fingerprint density at radius 3 is 2.00 bits per heavy atom. The van der Waals surface area contributed by atoms with Crippen molar-refractivity contribution in [1.82, 2.24) is 9.80 Å². The highest BCUT2D eigenvalue weighted by Gasteiger charge is 2.16. The molecule has 0 aromatic rings. The molecule has 0 aliphatic carbocycles. The van der Waals surface area contributed by atoms with Gasteiger partial charge in [0.15, 0.2) is 11.6 Å². The fourth-order valence-electron chi connectivity index (χ4n) is 1.29. The van der Waals surface area contributed by atoms with Crippen LogP contribution in [0.25, 0.3) is 0 Å². The molecule has 0 rings (SSSR count). The van der Waals surface area contributed by atoms with Crippen molar-refractivity contribution in [2.24, 2.45) is 0 Å². The molecular formula is C11H18N2O4S2. The van der Waals surface area contributed by atoms with E-state index in [0.717, 1.165) is 0 Å². The van der Waals surface area contributed by atoms with E-state index in [1.165, 1.54) is 16.9 Å². The lowest BCUT2D eigenvalue weighted by Gasteiger charge is -2.19. The van der Waals surface area contributed by atoms with Gasteiger partial charge in [-0.2, -0.15) is 0 Å². The van der Waals surface area contributed by atoms with E-state index in [-0.39, 0.29) is 47.8 Å². The first kappa shape index (κ1) is 17.9. The average molecular weight is 306 g/mol. The summed E-state index contributed by atoms with van der Waals surface area (Å²) in [5.74, 6) is -0.518. The first-order chi connectivity index (χ1) is 8.81. The smallest absolute Gasteiger partial charge is 0.259 e. The number of carbonyl (C=O) groups is 2. The molecule has 0 spiro atoms. The minimum absolute atomic E-state index is 0.00354. The molecular weight excluding hydrogens is 288 g/mol. The summed E-state index contributed by atoms with van der Waals surface area (Å²) in [6, 6.07) is 0. The van der Waals surface area contributed by atoms with Crippen LogP contribution in [-0.4, -0.2) is 77.5 Å². The van der Waals surface area contributed by atoms with Crippen LogP contribution in [0.15, 0.2) is 0 Å². The molecule has 6 nitrogen and oxygen atoms in total. The van der Waals surface area contributed by atoms with Gasteiger partial charge in [0.1, 0.15) is 4.99 Å². The van der Waals surface area contributed by atoms with Crippen LogP contribution in [0, 0.1) is 0 Å². The van der Waals surface area contributed by atoms with E-state index >= 15 is 0 Å². The lowest BCUT2D eigenvalue weighted by Crippen LogP contribution is -2.36. The molecule has 0 unspecified atom stereocenters. The van der Waals surface area contributed by atoms with Crippen LogP contribution in [0.2, 0.25) is 0 Å². The highest BCUT2D eigenvalue weighted by atomic mass is 32.1. The zero-order valence-electron chi connectivity index (χ0n) is 11.2. The van der Waals surface area contributed by atoms with Crippen LogP contribution in [0.3, 0.4) is 0 Å². The number of ketones is 2. The minimum atomic E-state index is -0.294. The monoisotopic (exact) mass is 306 g/mol. The number of ether oxygens (including phenoxy) is 1. The van der Waals surface area contributed by atoms with Crippen LogP contribution in [-0.2, 0) is 14.3 Å². The molecule has 0 bridgehead atoms. The average Bonchev–Trinajstić information content (AvgIpc) is 2.35. The Labute approximate surface area is 123 Å². The molecule has 108 valence electrons. The molecule has 0 aliphatic rings. The van der Waals surface area contributed by atoms with E-state index in [9.17, 15) is 9.59 Å². The van der Waals surface area contributed by atoms with Crippen molar-refractivity contribution in [3.8, 4) is 0 Å². The van der Waals surface area contributed by atoms with Gasteiger partial charge in [-0.3, -0.25) is 9.59 Å². The Morgan fingerprint density at radius 2 is 1.58 bits per heavy atom. The largest absolute Gasteiger partial charge is 0.474 e. The fraction of sp³-hybridized carbons (Fsp3) is 0.636. The second-order valence-electron chi connectivity index (χ2n) is 3.99. The topological polar surface area (TPSA) is 70.1 Å². The van der Waals surface area contributed by atoms with Crippen molar-refractivity contribution < 1.29 is 19.4 Å². The van der Waals surface area contributed by atoms with Gasteiger partial charge in [0.25, 0.3) is 5.17 Å². The molecule has 0 atom stereocenters. The molecule has 0 aliphatic heterocycles. The summed E-state index contributed by atoms with van der Waals surface area (Å²) >= 11 is 9.67. The number of carbonyl (C=O) groups excluding carboxylic acids is 2. The van der Waals surface area contributed by atoms with Crippen LogP contribution < -0.4 is 0 Å². The summed E-state index contributed by atoms with van der Waals surface area (Å²) in [5, 5.41) is 9.01. The molecule has 0 saturated carbocycles. The van der Waals surface area contributed by atoms with Gasteiger partial charge in [0, 0.05) is 14.1 Å². The molecule has 8 heteroatoms. The van der Waals surface area contributed by atoms with Gasteiger partial charge in [0.05, 0.1) is 33.2 Å². The highest BCUT2D eigenvalue weighted by molar-refractivity contribution is 7.80. The third kappa shape index (κ3) is 7.14. The Hall–Kier alpha value is -1.12. The van der Waals surface area contributed by atoms with Crippen molar-refractivity contribution in [3.63, 3.8) is 0 Å². The third-order valence-corrected chi connectivity index (χ3v) is 3.19. The summed E-state index contributed by atoms with van der Waals surface area (Å²) in [4.78, 5) is 26.4. The molecule has 19 heavy (non-hydrogen) atoms. The minimum Gasteiger partial charge on any atom is -0.474 e. The van der Waals surface area contributed by atoms with Crippen molar-refractivity contribution in [2.45, 2.75) is 6.42 Å². The molecule has 0 heterocycles. The van der Waals surface area contributed by atoms with Gasteiger partial charge in [-0.1, -0.05) is 12.2 Å². The number of Topliss-reactive ketones (excluding diaryl/α,β-unsaturated/α-hetero) is 2. The maximum absolute atomic E-state index is 11.6. The number of hydrogen-bond donors (Lipinski definition) is 1. The molecule has 1 N–H and O–H groups in total. The Morgan fingerprint density at radius 1 is 1.11 bits per heavy atom. The number of thiocarbonyl (C=S) groups is 2. The number of rotatable bonds is 7. The summed E-state index contributed by atoms with van der Waals surface area (Å²) < 4.78 is 4.80. The first-order valence-corrected chi connectivity index (χ1v) is 6.30. The van der Waals surface area contributed by atoms with Crippen LogP contribution in [0.1, 0.15) is 6.42 Å². The Kier molecular flexibility index (Phi) is 8.37. The number of aliphatic hydroxyl groups excluding tert-OH is 1. The van der Waals surface area contributed by atoms with Gasteiger partial charge in [-0.15, -0.1) is 0 Å². The van der Waals surface area contributed by atoms with Crippen molar-refractivity contribution >= 4 is 46.2 Å². The predicted octanol–water partition coefficient (Wildman–Crippen LogP) is -0.371. The number of nitrogens with zero attached hydrogens (tertiary/aromatic N) is 2. The molecule has 0 aromatic heterocycles. The number of hydrogen-bond acceptors (Lipinski definition) is 6. The zero-order valence-corrected chi connectivity index (χ0v) is 12.8. The van der Waals surface area contributed by atoms with E-state index in [4.69, 9.17) is 34.3 Å². The Bertz CT molecular complexity index is 340. The molecule has 0 fully saturated rings.